The highest BCUT2D eigenvalue weighted by atomic mass is 16.7. The molecular weight excluding hydrogens is 1060 g/mol. The molecule has 0 radical (unpaired) electrons. The Balaban J connectivity index is 1.00. The Morgan fingerprint density at radius 3 is 2.00 bits per heavy atom. The van der Waals surface area contributed by atoms with Gasteiger partial charge in [0.1, 0.15) is 29.6 Å². The van der Waals surface area contributed by atoms with Gasteiger partial charge in [-0.05, 0) is 96.1 Å². The van der Waals surface area contributed by atoms with Gasteiger partial charge in [0.05, 0.1) is 74.7 Å². The molecule has 5 aliphatic heterocycles. The zero-order valence-electron chi connectivity index (χ0n) is 49.9. The number of aliphatic hydroxyl groups excluding tert-OH is 5. The highest BCUT2D eigenvalue weighted by Gasteiger charge is 2.64. The summed E-state index contributed by atoms with van der Waals surface area (Å²) in [5.41, 5.74) is 4.75. The number of Topliss-reactive ketones (excluding diaryl/α,β-unsaturated/α-hetero) is 1. The molecule has 6 fully saturated rings. The number of ether oxygens (including phenoxy) is 11. The molecule has 0 aromatic rings. The lowest BCUT2D eigenvalue weighted by Crippen LogP contribution is -2.66. The Hall–Kier alpha value is -3.65. The summed E-state index contributed by atoms with van der Waals surface area (Å²) in [5.74, 6) is -4.54. The lowest BCUT2D eigenvalue weighted by molar-refractivity contribution is -0.335. The average Bonchev–Trinajstić information content (AvgIpc) is 3.56. The van der Waals surface area contributed by atoms with Crippen molar-refractivity contribution in [1.82, 2.24) is 5.32 Å². The molecule has 5 saturated heterocycles. The first-order valence-corrected chi connectivity index (χ1v) is 29.7. The van der Waals surface area contributed by atoms with Crippen LogP contribution in [-0.2, 0) is 61.7 Å². The van der Waals surface area contributed by atoms with E-state index in [0.29, 0.717) is 24.0 Å². The van der Waals surface area contributed by atoms with Crippen LogP contribution in [0.2, 0.25) is 0 Å². The molecule has 1 amide bonds. The highest BCUT2D eigenvalue weighted by Crippen LogP contribution is 2.61. The fourth-order valence-corrected chi connectivity index (χ4v) is 15.7. The highest BCUT2D eigenvalue weighted by molar-refractivity contribution is 6.26. The molecule has 21 heteroatoms. The van der Waals surface area contributed by atoms with Crippen molar-refractivity contribution in [3.8, 4) is 0 Å². The molecule has 9 aliphatic rings. The summed E-state index contributed by atoms with van der Waals surface area (Å²) >= 11 is 0. The number of hydrogen-bond donors (Lipinski definition) is 7. The molecule has 82 heavy (non-hydrogen) atoms. The van der Waals surface area contributed by atoms with Crippen molar-refractivity contribution in [1.29, 1.82) is 0 Å². The summed E-state index contributed by atoms with van der Waals surface area (Å²) in [7, 11) is 2.79. The number of allylic oxidation sites excluding steroid dienone is 3. The van der Waals surface area contributed by atoms with E-state index in [4.69, 9.17) is 57.8 Å². The second-order valence-corrected chi connectivity index (χ2v) is 25.8. The summed E-state index contributed by atoms with van der Waals surface area (Å²) in [5, 5.41) is 60.3. The molecule has 21 nitrogen and oxygen atoms in total. The predicted molar refractivity (Wildman–Crippen MR) is 295 cm³/mol. The summed E-state index contributed by atoms with van der Waals surface area (Å²) in [6, 6.07) is -0.595. The van der Waals surface area contributed by atoms with Gasteiger partial charge in [0.15, 0.2) is 30.8 Å². The van der Waals surface area contributed by atoms with Crippen LogP contribution >= 0.6 is 0 Å². The Kier molecular flexibility index (Phi) is 18.9. The number of esters is 1. The number of alkyl carbamates (subject to hydrolysis) is 1. The van der Waals surface area contributed by atoms with Crippen molar-refractivity contribution < 1.29 is 92.0 Å². The molecule has 8 N–H and O–H groups in total. The topological polar surface area (TPSA) is 292 Å². The van der Waals surface area contributed by atoms with Crippen molar-refractivity contribution in [3.63, 3.8) is 0 Å². The lowest BCUT2D eigenvalue weighted by atomic mass is 9.49. The summed E-state index contributed by atoms with van der Waals surface area (Å²) in [4.78, 5) is 42.6. The molecule has 27 atom stereocenters. The van der Waals surface area contributed by atoms with Crippen LogP contribution in [0.5, 0.6) is 0 Å². The first-order valence-electron chi connectivity index (χ1n) is 29.7. The number of hydrogen-bond acceptors (Lipinski definition) is 20. The minimum absolute atomic E-state index is 0.0320. The number of nitrogens with two attached hydrogens (primary N) is 1. The van der Waals surface area contributed by atoms with E-state index in [1.165, 1.54) is 14.2 Å². The van der Waals surface area contributed by atoms with Gasteiger partial charge in [0, 0.05) is 67.9 Å². The van der Waals surface area contributed by atoms with Crippen molar-refractivity contribution in [2.75, 3.05) is 20.8 Å². The number of nitrogens with one attached hydrogen (secondary N) is 1. The van der Waals surface area contributed by atoms with Crippen LogP contribution in [0.25, 0.3) is 0 Å². The Morgan fingerprint density at radius 2 is 1.37 bits per heavy atom. The maximum atomic E-state index is 15.6. The van der Waals surface area contributed by atoms with Crippen LogP contribution in [0.4, 0.5) is 4.79 Å². The fourth-order valence-electron chi connectivity index (χ4n) is 15.7. The number of ketones is 1. The number of fused-ring (bicyclic) bond motifs is 4. The SMILES string of the molecule is COC(=O)N[C@@H]1[C@H](C)O[C@H](O[C@H]2C/C=C(/C)[C@@H]3C=C[C@@H]4[C@@H](O[C@H]5C[C@H](O[C@@H]6C[C@H](O)[C@H](O[C@H]7C[C@H](O)[C@@H](OC)[C@@H](C)O7)[C@@H](C)O6)[C@H](O)[C@@H](C)O5)[C@H](C)C[C@H](C)[C@H]4[C@]3(C)/C(O)=C3/C(=O)O[C@]4(C[C@@H](C)C(CO)=C[C@H]4/C=C\2C)C3=O)C[C@@]1(C)N. The second-order valence-electron chi connectivity index (χ2n) is 25.8. The van der Waals surface area contributed by atoms with E-state index in [0.717, 1.165) is 5.57 Å². The summed E-state index contributed by atoms with van der Waals surface area (Å²) in [6.07, 6.45) is -1.16. The zero-order valence-corrected chi connectivity index (χ0v) is 49.9. The van der Waals surface area contributed by atoms with Crippen LogP contribution < -0.4 is 11.1 Å². The monoisotopic (exact) mass is 1160 g/mol. The third-order valence-electron chi connectivity index (χ3n) is 19.9. The van der Waals surface area contributed by atoms with Gasteiger partial charge in [0.2, 0.25) is 5.78 Å². The number of carbonyl (C=O) groups is 3. The quantitative estimate of drug-likeness (QED) is 0.0789. The normalized spacial score (nSPS) is 50.3. The van der Waals surface area contributed by atoms with Crippen molar-refractivity contribution in [3.05, 3.63) is 58.4 Å². The van der Waals surface area contributed by atoms with Gasteiger partial charge in [-0.2, -0.15) is 0 Å². The van der Waals surface area contributed by atoms with Crippen molar-refractivity contribution >= 4 is 17.8 Å². The molecule has 1 spiro atoms. The number of carbonyl (C=O) groups excluding carboxylic acids is 3. The summed E-state index contributed by atoms with van der Waals surface area (Å²) < 4.78 is 68.4. The molecule has 4 aliphatic carbocycles. The van der Waals surface area contributed by atoms with Gasteiger partial charge >= 0.3 is 12.1 Å². The number of amides is 1. The van der Waals surface area contributed by atoms with Crippen LogP contribution in [0.3, 0.4) is 0 Å². The van der Waals surface area contributed by atoms with Crippen LogP contribution in [0, 0.1) is 46.8 Å². The number of rotatable bonds is 11. The zero-order chi connectivity index (χ0) is 59.7. The van der Waals surface area contributed by atoms with Crippen LogP contribution in [0.15, 0.2) is 58.4 Å². The smallest absolute Gasteiger partial charge is 0.407 e. The number of methoxy groups -OCH3 is 2. The third-order valence-corrected chi connectivity index (χ3v) is 19.9. The van der Waals surface area contributed by atoms with E-state index < -0.39 is 157 Å². The third kappa shape index (κ3) is 11.8. The molecule has 1 saturated carbocycles. The molecule has 460 valence electrons. The van der Waals surface area contributed by atoms with Crippen molar-refractivity contribution in [2.24, 2.45) is 52.6 Å². The molecule has 0 aromatic carbocycles. The van der Waals surface area contributed by atoms with Crippen LogP contribution in [0.1, 0.15) is 121 Å². The van der Waals surface area contributed by atoms with Gasteiger partial charge in [-0.1, -0.05) is 63.6 Å². The first-order chi connectivity index (χ1) is 38.6. The largest absolute Gasteiger partial charge is 0.511 e. The Bertz CT molecular complexity index is 2490. The van der Waals surface area contributed by atoms with E-state index >= 15 is 4.79 Å². The Morgan fingerprint density at radius 1 is 0.744 bits per heavy atom. The molecule has 5 heterocycles. The Labute approximate surface area is 482 Å². The maximum Gasteiger partial charge on any atom is 0.407 e. The second kappa shape index (κ2) is 24.6. The molecular formula is C61H92N2O19. The fraction of sp³-hybridized carbons (Fsp3) is 0.787. The van der Waals surface area contributed by atoms with Crippen molar-refractivity contribution in [2.45, 2.75) is 237 Å². The van der Waals surface area contributed by atoms with Gasteiger partial charge < -0.3 is 88.7 Å². The predicted octanol–water partition coefficient (Wildman–Crippen LogP) is 5.25. The number of aliphatic hydroxyl groups is 5. The minimum atomic E-state index is -1.75. The molecule has 2 bridgehead atoms. The molecule has 9 rings (SSSR count). The lowest BCUT2D eigenvalue weighted by Gasteiger charge is -2.56. The van der Waals surface area contributed by atoms with Gasteiger partial charge in [-0.15, -0.1) is 0 Å². The van der Waals surface area contributed by atoms with E-state index in [1.807, 2.05) is 47.6 Å². The molecule has 0 unspecified atom stereocenters. The van der Waals surface area contributed by atoms with E-state index in [1.54, 1.807) is 26.8 Å². The van der Waals surface area contributed by atoms with E-state index in [2.05, 4.69) is 37.4 Å². The standard InChI is InChI=1S/C61H92N2O19/c1-27-14-17-42(78-47-25-59(10,62)54(35(9)77-47)63-58(71)73-13)28(2)19-37-20-36(26-64)31(5)24-61(37)56(69)48(57(70)82-61)55(68)60(11)39(27)16-15-38-49(60)29(3)18-30(4)51(38)80-46-23-43(50(67)32(6)74-46)79-44-22-41(66)53(34(8)76-44)81-45-21-40(65)52(72-12)33(7)75-45/h14-16,19-20,29-35,37-47,49-54,64-68H,17-18,21-26,62H2,1-13H3,(H,63,71)/b27-14-,28-19-,55-48-/t29-,30+,31+,32+,33+,34+,35-,37+,38-,39-,40-,41-,42-,43-,44+,45-,46-,47+,49+,50+,51-,52-,53+,54+,59+,60+,61-/m0/s1. The van der Waals surface area contributed by atoms with Crippen LogP contribution in [-0.4, -0.2) is 180 Å². The first kappa shape index (κ1) is 62.9. The average molecular weight is 1160 g/mol. The summed E-state index contributed by atoms with van der Waals surface area (Å²) in [6.45, 7) is 20.6. The minimum Gasteiger partial charge on any atom is -0.511 e. The maximum absolute atomic E-state index is 15.6. The van der Waals surface area contributed by atoms with Gasteiger partial charge in [-0.25, -0.2) is 9.59 Å². The van der Waals surface area contributed by atoms with Gasteiger partial charge in [-0.3, -0.25) is 4.79 Å². The van der Waals surface area contributed by atoms with Gasteiger partial charge in [0.25, 0.3) is 0 Å². The van der Waals surface area contributed by atoms with E-state index in [9.17, 15) is 35.1 Å². The molecule has 0 aromatic heterocycles. The van der Waals surface area contributed by atoms with E-state index in [-0.39, 0.29) is 73.7 Å².